The van der Waals surface area contributed by atoms with Gasteiger partial charge in [0.25, 0.3) is 0 Å². The van der Waals surface area contributed by atoms with Crippen molar-refractivity contribution in [1.29, 1.82) is 0 Å². The molecule has 0 saturated heterocycles. The van der Waals surface area contributed by atoms with E-state index in [9.17, 15) is 8.78 Å². The molecular weight excluding hydrogens is 238 g/mol. The lowest BCUT2D eigenvalue weighted by atomic mass is 10.1. The molecule has 2 rings (SSSR count). The van der Waals surface area contributed by atoms with Gasteiger partial charge < -0.3 is 5.11 Å². The van der Waals surface area contributed by atoms with Crippen molar-refractivity contribution in [2.24, 2.45) is 0 Å². The molecule has 16 heavy (non-hydrogen) atoms. The normalized spacial score (nSPS) is 10.4. The molecule has 0 aliphatic carbocycles. The van der Waals surface area contributed by atoms with Crippen LogP contribution in [-0.4, -0.2) is 15.1 Å². The molecule has 0 atom stereocenters. The average molecular weight is 243 g/mol. The molecular formula is C10H5ClF2N2O. The highest BCUT2D eigenvalue weighted by molar-refractivity contribution is 6.31. The molecule has 2 aromatic rings. The quantitative estimate of drug-likeness (QED) is 0.782. The molecule has 1 aromatic heterocycles. The van der Waals surface area contributed by atoms with Crippen LogP contribution in [0.2, 0.25) is 5.02 Å². The Morgan fingerprint density at radius 3 is 2.62 bits per heavy atom. The standard InChI is InChI=1S/C10H5ClF2N2O/c11-5-1-2-6(12)9(10(5)13)7-3-8(16)15-4-14-7/h1-4H,(H,14,15,16). The van der Waals surface area contributed by atoms with E-state index in [1.165, 1.54) is 0 Å². The van der Waals surface area contributed by atoms with E-state index >= 15 is 0 Å². The Morgan fingerprint density at radius 2 is 1.94 bits per heavy atom. The minimum Gasteiger partial charge on any atom is -0.493 e. The lowest BCUT2D eigenvalue weighted by Gasteiger charge is -2.05. The predicted molar refractivity (Wildman–Crippen MR) is 54.1 cm³/mol. The van der Waals surface area contributed by atoms with E-state index in [0.717, 1.165) is 24.5 Å². The first-order valence-corrected chi connectivity index (χ1v) is 4.62. The molecule has 82 valence electrons. The minimum absolute atomic E-state index is 0.0648. The topological polar surface area (TPSA) is 46.0 Å². The summed E-state index contributed by atoms with van der Waals surface area (Å²) in [6.07, 6.45) is 1.00. The van der Waals surface area contributed by atoms with Crippen LogP contribution >= 0.6 is 11.6 Å². The number of hydrogen-bond acceptors (Lipinski definition) is 3. The van der Waals surface area contributed by atoms with Gasteiger partial charge in [-0.2, -0.15) is 0 Å². The number of hydrogen-bond donors (Lipinski definition) is 1. The molecule has 1 heterocycles. The fraction of sp³-hybridized carbons (Fsp3) is 0. The van der Waals surface area contributed by atoms with Crippen molar-refractivity contribution in [3.8, 4) is 17.1 Å². The lowest BCUT2D eigenvalue weighted by Crippen LogP contribution is -1.94. The monoisotopic (exact) mass is 242 g/mol. The Bertz CT molecular complexity index is 548. The van der Waals surface area contributed by atoms with Crippen molar-refractivity contribution >= 4 is 11.6 Å². The first-order chi connectivity index (χ1) is 7.59. The van der Waals surface area contributed by atoms with Crippen LogP contribution in [0.4, 0.5) is 8.78 Å². The number of benzene rings is 1. The van der Waals surface area contributed by atoms with Crippen molar-refractivity contribution in [2.75, 3.05) is 0 Å². The summed E-state index contributed by atoms with van der Waals surface area (Å²) < 4.78 is 27.0. The average Bonchev–Trinajstić information content (AvgIpc) is 2.24. The molecule has 0 aliphatic heterocycles. The van der Waals surface area contributed by atoms with Crippen LogP contribution in [0.3, 0.4) is 0 Å². The summed E-state index contributed by atoms with van der Waals surface area (Å²) in [5.41, 5.74) is -0.449. The van der Waals surface area contributed by atoms with Gasteiger partial charge in [-0.05, 0) is 12.1 Å². The third kappa shape index (κ3) is 1.81. The van der Waals surface area contributed by atoms with Gasteiger partial charge >= 0.3 is 0 Å². The summed E-state index contributed by atoms with van der Waals surface area (Å²) in [4.78, 5) is 7.08. The fourth-order valence-electron chi connectivity index (χ4n) is 1.25. The van der Waals surface area contributed by atoms with Gasteiger partial charge in [0, 0.05) is 6.07 Å². The van der Waals surface area contributed by atoms with Crippen molar-refractivity contribution in [2.45, 2.75) is 0 Å². The van der Waals surface area contributed by atoms with Gasteiger partial charge in [0.2, 0.25) is 5.88 Å². The first kappa shape index (κ1) is 10.8. The molecule has 0 aliphatic rings. The van der Waals surface area contributed by atoms with E-state index in [1.807, 2.05) is 0 Å². The third-order valence-corrected chi connectivity index (χ3v) is 2.24. The maximum absolute atomic E-state index is 13.6. The van der Waals surface area contributed by atoms with Crippen LogP contribution in [0, 0.1) is 11.6 Å². The van der Waals surface area contributed by atoms with Crippen molar-refractivity contribution < 1.29 is 13.9 Å². The van der Waals surface area contributed by atoms with Crippen LogP contribution in [0.25, 0.3) is 11.3 Å². The van der Waals surface area contributed by atoms with E-state index < -0.39 is 11.6 Å². The molecule has 0 spiro atoms. The lowest BCUT2D eigenvalue weighted by molar-refractivity contribution is 0.452. The minimum atomic E-state index is -0.917. The van der Waals surface area contributed by atoms with Gasteiger partial charge in [0.1, 0.15) is 12.1 Å². The summed E-state index contributed by atoms with van der Waals surface area (Å²) in [6.45, 7) is 0. The van der Waals surface area contributed by atoms with Gasteiger partial charge in [-0.1, -0.05) is 11.6 Å². The molecule has 1 N–H and O–H groups in total. The molecule has 0 unspecified atom stereocenters. The predicted octanol–water partition coefficient (Wildman–Crippen LogP) is 2.78. The molecule has 0 saturated carbocycles. The third-order valence-electron chi connectivity index (χ3n) is 1.95. The van der Waals surface area contributed by atoms with Gasteiger partial charge in [-0.25, -0.2) is 18.7 Å². The number of aromatic nitrogens is 2. The summed E-state index contributed by atoms with van der Waals surface area (Å²) in [5, 5.41) is 8.88. The Balaban J connectivity index is 2.68. The van der Waals surface area contributed by atoms with Gasteiger partial charge in [-0.3, -0.25) is 0 Å². The maximum Gasteiger partial charge on any atom is 0.214 e. The van der Waals surface area contributed by atoms with E-state index in [0.29, 0.717) is 0 Å². The summed E-state index contributed by atoms with van der Waals surface area (Å²) >= 11 is 5.53. The van der Waals surface area contributed by atoms with Crippen molar-refractivity contribution in [3.05, 3.63) is 41.2 Å². The highest BCUT2D eigenvalue weighted by Gasteiger charge is 2.16. The SMILES string of the molecule is Oc1cc(-c2c(F)ccc(Cl)c2F)ncn1. The second kappa shape index (κ2) is 4.02. The Labute approximate surface area is 94.4 Å². The molecule has 0 radical (unpaired) electrons. The smallest absolute Gasteiger partial charge is 0.214 e. The molecule has 0 bridgehead atoms. The van der Waals surface area contributed by atoms with E-state index in [2.05, 4.69) is 9.97 Å². The van der Waals surface area contributed by atoms with Crippen LogP contribution < -0.4 is 0 Å². The molecule has 1 aromatic carbocycles. The number of rotatable bonds is 1. The van der Waals surface area contributed by atoms with Crippen LogP contribution in [0.5, 0.6) is 5.88 Å². The largest absolute Gasteiger partial charge is 0.493 e. The van der Waals surface area contributed by atoms with Gasteiger partial charge in [0.15, 0.2) is 5.82 Å². The van der Waals surface area contributed by atoms with Crippen LogP contribution in [-0.2, 0) is 0 Å². The zero-order valence-electron chi connectivity index (χ0n) is 7.78. The van der Waals surface area contributed by atoms with Crippen LogP contribution in [0.1, 0.15) is 0 Å². The van der Waals surface area contributed by atoms with Gasteiger partial charge in [0.05, 0.1) is 16.3 Å². The molecule has 6 heteroatoms. The fourth-order valence-corrected chi connectivity index (χ4v) is 1.40. The Morgan fingerprint density at radius 1 is 1.19 bits per heavy atom. The molecule has 0 fully saturated rings. The second-order valence-corrected chi connectivity index (χ2v) is 3.39. The molecule has 3 nitrogen and oxygen atoms in total. The van der Waals surface area contributed by atoms with E-state index in [-0.39, 0.29) is 22.2 Å². The van der Waals surface area contributed by atoms with E-state index in [4.69, 9.17) is 16.7 Å². The van der Waals surface area contributed by atoms with Crippen molar-refractivity contribution in [1.82, 2.24) is 9.97 Å². The summed E-state index contributed by atoms with van der Waals surface area (Å²) in [7, 11) is 0. The summed E-state index contributed by atoms with van der Waals surface area (Å²) in [6, 6.07) is 3.19. The molecule has 0 amide bonds. The second-order valence-electron chi connectivity index (χ2n) is 2.98. The number of halogens is 3. The van der Waals surface area contributed by atoms with Crippen molar-refractivity contribution in [3.63, 3.8) is 0 Å². The Hall–Kier alpha value is -1.75. The maximum atomic E-state index is 13.6. The van der Waals surface area contributed by atoms with Gasteiger partial charge in [-0.15, -0.1) is 0 Å². The van der Waals surface area contributed by atoms with E-state index in [1.54, 1.807) is 0 Å². The highest BCUT2D eigenvalue weighted by Crippen LogP contribution is 2.29. The zero-order valence-corrected chi connectivity index (χ0v) is 8.54. The number of aromatic hydroxyl groups is 1. The Kier molecular flexibility index (Phi) is 2.70. The van der Waals surface area contributed by atoms with Crippen LogP contribution in [0.15, 0.2) is 24.5 Å². The highest BCUT2D eigenvalue weighted by atomic mass is 35.5. The summed E-state index contributed by atoms with van der Waals surface area (Å²) in [5.74, 6) is -2.09. The zero-order chi connectivity index (χ0) is 11.7. The first-order valence-electron chi connectivity index (χ1n) is 4.24. The number of nitrogens with zero attached hydrogens (tertiary/aromatic N) is 2.